The van der Waals surface area contributed by atoms with Crippen molar-refractivity contribution < 1.29 is 24.2 Å². The number of carbonyl (C=O) groups is 2. The molecule has 2 heterocycles. The summed E-state index contributed by atoms with van der Waals surface area (Å²) in [6.45, 7) is 4.95. The molecule has 17 heavy (non-hydrogen) atoms. The van der Waals surface area contributed by atoms with E-state index in [4.69, 9.17) is 14.6 Å². The molecule has 1 unspecified atom stereocenters. The second-order valence-electron chi connectivity index (χ2n) is 4.54. The molecule has 0 radical (unpaired) electrons. The lowest BCUT2D eigenvalue weighted by Gasteiger charge is -2.37. The van der Waals surface area contributed by atoms with Crippen molar-refractivity contribution in [2.24, 2.45) is 5.41 Å². The Balaban J connectivity index is 2.05. The molecule has 0 aromatic heterocycles. The van der Waals surface area contributed by atoms with E-state index in [1.807, 2.05) is 0 Å². The van der Waals surface area contributed by atoms with E-state index in [2.05, 4.69) is 6.58 Å². The van der Waals surface area contributed by atoms with E-state index in [0.717, 1.165) is 0 Å². The van der Waals surface area contributed by atoms with Crippen LogP contribution in [0, 0.1) is 5.41 Å². The number of carboxylic acid groups (broad SMARTS) is 1. The van der Waals surface area contributed by atoms with E-state index in [0.29, 0.717) is 26.2 Å². The summed E-state index contributed by atoms with van der Waals surface area (Å²) in [6, 6.07) is -0.809. The Kier molecular flexibility index (Phi) is 3.06. The Morgan fingerprint density at radius 2 is 2.29 bits per heavy atom. The Bertz CT molecular complexity index is 350. The van der Waals surface area contributed by atoms with E-state index in [1.165, 1.54) is 11.0 Å². The van der Waals surface area contributed by atoms with Crippen LogP contribution in [0.25, 0.3) is 0 Å². The van der Waals surface area contributed by atoms with Crippen LogP contribution in [-0.4, -0.2) is 54.5 Å². The number of nitrogens with zero attached hydrogens (tertiary/aromatic N) is 1. The van der Waals surface area contributed by atoms with Gasteiger partial charge in [0, 0.05) is 12.0 Å². The molecule has 0 saturated carbocycles. The average Bonchev–Trinajstić information content (AvgIpc) is 2.66. The van der Waals surface area contributed by atoms with Crippen molar-refractivity contribution in [1.29, 1.82) is 0 Å². The third-order valence-electron chi connectivity index (χ3n) is 3.17. The van der Waals surface area contributed by atoms with Gasteiger partial charge in [-0.25, -0.2) is 9.59 Å². The highest BCUT2D eigenvalue weighted by atomic mass is 16.6. The van der Waals surface area contributed by atoms with Crippen LogP contribution in [0.1, 0.15) is 6.42 Å². The molecule has 1 spiro atoms. The molecular formula is C11H15NO5. The maximum atomic E-state index is 11.7. The number of hydrogen-bond acceptors (Lipinski definition) is 4. The molecule has 0 aromatic rings. The molecule has 0 aliphatic carbocycles. The van der Waals surface area contributed by atoms with Gasteiger partial charge in [0.1, 0.15) is 12.6 Å². The van der Waals surface area contributed by atoms with Gasteiger partial charge in [-0.15, -0.1) is 0 Å². The number of likely N-dealkylation sites (tertiary alicyclic amines) is 1. The van der Waals surface area contributed by atoms with Crippen molar-refractivity contribution in [3.8, 4) is 0 Å². The van der Waals surface area contributed by atoms with Crippen molar-refractivity contribution in [1.82, 2.24) is 4.90 Å². The summed E-state index contributed by atoms with van der Waals surface area (Å²) in [6.07, 6.45) is 1.29. The summed E-state index contributed by atoms with van der Waals surface area (Å²) in [5.74, 6) is -0.996. The molecule has 2 rings (SSSR count). The summed E-state index contributed by atoms with van der Waals surface area (Å²) < 4.78 is 9.99. The zero-order valence-electron chi connectivity index (χ0n) is 9.42. The van der Waals surface area contributed by atoms with Crippen molar-refractivity contribution in [2.75, 3.05) is 26.4 Å². The molecule has 2 aliphatic heterocycles. The fourth-order valence-electron chi connectivity index (χ4n) is 2.28. The van der Waals surface area contributed by atoms with Crippen LogP contribution in [0.2, 0.25) is 0 Å². The molecule has 0 aromatic carbocycles. The molecule has 94 valence electrons. The first kappa shape index (κ1) is 11.9. The molecule has 1 amide bonds. The van der Waals surface area contributed by atoms with Gasteiger partial charge < -0.3 is 14.6 Å². The second kappa shape index (κ2) is 4.37. The smallest absolute Gasteiger partial charge is 0.410 e. The first-order valence-electron chi connectivity index (χ1n) is 5.43. The minimum absolute atomic E-state index is 0.0885. The Morgan fingerprint density at radius 3 is 2.76 bits per heavy atom. The van der Waals surface area contributed by atoms with Crippen LogP contribution >= 0.6 is 0 Å². The summed E-state index contributed by atoms with van der Waals surface area (Å²) in [5.41, 5.74) is -0.184. The van der Waals surface area contributed by atoms with Gasteiger partial charge in [-0.05, 0) is 6.42 Å². The maximum Gasteiger partial charge on any atom is 0.410 e. The van der Waals surface area contributed by atoms with Crippen molar-refractivity contribution in [2.45, 2.75) is 12.5 Å². The highest BCUT2D eigenvalue weighted by Gasteiger charge is 2.53. The largest absolute Gasteiger partial charge is 0.480 e. The fourth-order valence-corrected chi connectivity index (χ4v) is 2.28. The van der Waals surface area contributed by atoms with E-state index in [1.54, 1.807) is 0 Å². The van der Waals surface area contributed by atoms with Gasteiger partial charge in [-0.3, -0.25) is 4.90 Å². The minimum Gasteiger partial charge on any atom is -0.480 e. The quantitative estimate of drug-likeness (QED) is 0.727. The third-order valence-corrected chi connectivity index (χ3v) is 3.17. The topological polar surface area (TPSA) is 76.1 Å². The maximum absolute atomic E-state index is 11.7. The number of rotatable bonds is 3. The molecule has 2 fully saturated rings. The SMILES string of the molecule is C=CCOC(=O)N1CC2(COC2)CC1C(=O)O. The summed E-state index contributed by atoms with van der Waals surface area (Å²) in [7, 11) is 0. The van der Waals surface area contributed by atoms with Crippen molar-refractivity contribution in [3.63, 3.8) is 0 Å². The first-order valence-corrected chi connectivity index (χ1v) is 5.43. The van der Waals surface area contributed by atoms with Gasteiger partial charge >= 0.3 is 12.1 Å². The molecule has 6 nitrogen and oxygen atoms in total. The molecule has 6 heteroatoms. The van der Waals surface area contributed by atoms with Crippen LogP contribution in [-0.2, 0) is 14.3 Å². The second-order valence-corrected chi connectivity index (χ2v) is 4.54. The highest BCUT2D eigenvalue weighted by molar-refractivity contribution is 5.81. The van der Waals surface area contributed by atoms with Gasteiger partial charge in [0.05, 0.1) is 13.2 Å². The molecule has 2 aliphatic rings. The number of aliphatic carboxylic acids is 1. The van der Waals surface area contributed by atoms with Crippen LogP contribution in [0.4, 0.5) is 4.79 Å². The van der Waals surface area contributed by atoms with Crippen molar-refractivity contribution >= 4 is 12.1 Å². The fraction of sp³-hybridized carbons (Fsp3) is 0.636. The summed E-state index contributed by atoms with van der Waals surface area (Å²) in [5, 5.41) is 9.10. The minimum atomic E-state index is -0.996. The molecule has 1 N–H and O–H groups in total. The van der Waals surface area contributed by atoms with Gasteiger partial charge in [-0.2, -0.15) is 0 Å². The summed E-state index contributed by atoms with van der Waals surface area (Å²) in [4.78, 5) is 24.1. The monoisotopic (exact) mass is 241 g/mol. The van der Waals surface area contributed by atoms with Crippen LogP contribution < -0.4 is 0 Å². The number of carbonyl (C=O) groups excluding carboxylic acids is 1. The standard InChI is InChI=1S/C11H15NO5/c1-2-3-17-10(15)12-5-11(6-16-7-11)4-8(12)9(13)14/h2,8H,1,3-7H2,(H,13,14). The molecule has 1 atom stereocenters. The molecular weight excluding hydrogens is 226 g/mol. The number of hydrogen-bond donors (Lipinski definition) is 1. The van der Waals surface area contributed by atoms with E-state index >= 15 is 0 Å². The van der Waals surface area contributed by atoms with Crippen molar-refractivity contribution in [3.05, 3.63) is 12.7 Å². The van der Waals surface area contributed by atoms with Gasteiger partial charge in [0.2, 0.25) is 0 Å². The predicted molar refractivity (Wildman–Crippen MR) is 57.5 cm³/mol. The average molecular weight is 241 g/mol. The number of amides is 1. The van der Waals surface area contributed by atoms with Gasteiger partial charge in [-0.1, -0.05) is 12.7 Å². The number of ether oxygens (including phenoxy) is 2. The Morgan fingerprint density at radius 1 is 1.59 bits per heavy atom. The van der Waals surface area contributed by atoms with Crippen LogP contribution in [0.15, 0.2) is 12.7 Å². The van der Waals surface area contributed by atoms with Crippen LogP contribution in [0.3, 0.4) is 0 Å². The summed E-state index contributed by atoms with van der Waals surface area (Å²) >= 11 is 0. The van der Waals surface area contributed by atoms with E-state index in [-0.39, 0.29) is 12.0 Å². The zero-order valence-corrected chi connectivity index (χ0v) is 9.42. The predicted octanol–water partition coefficient (Wildman–Crippen LogP) is 0.485. The first-order chi connectivity index (χ1) is 8.08. The highest BCUT2D eigenvalue weighted by Crippen LogP contribution is 2.41. The van der Waals surface area contributed by atoms with E-state index < -0.39 is 18.1 Å². The lowest BCUT2D eigenvalue weighted by Crippen LogP contribution is -2.45. The normalized spacial score (nSPS) is 25.4. The van der Waals surface area contributed by atoms with Gasteiger partial charge in [0.15, 0.2) is 0 Å². The third kappa shape index (κ3) is 2.12. The lowest BCUT2D eigenvalue weighted by molar-refractivity contribution is -0.142. The number of carboxylic acids is 1. The lowest BCUT2D eigenvalue weighted by atomic mass is 9.84. The van der Waals surface area contributed by atoms with Crippen LogP contribution in [0.5, 0.6) is 0 Å². The van der Waals surface area contributed by atoms with E-state index in [9.17, 15) is 9.59 Å². The molecule has 2 saturated heterocycles. The Hall–Kier alpha value is -1.56. The Labute approximate surface area is 98.8 Å². The zero-order chi connectivity index (χ0) is 12.5. The molecule has 0 bridgehead atoms. The van der Waals surface area contributed by atoms with Gasteiger partial charge in [0.25, 0.3) is 0 Å².